The molecule has 3 nitrogen and oxygen atoms in total. The van der Waals surface area contributed by atoms with Gasteiger partial charge in [0.2, 0.25) is 0 Å². The van der Waals surface area contributed by atoms with E-state index in [0.29, 0.717) is 11.3 Å². The Balaban J connectivity index is 3.08. The number of rotatable bonds is 1. The largest absolute Gasteiger partial charge is 0.364 e. The molecule has 0 N–H and O–H groups in total. The molecule has 0 bridgehead atoms. The van der Waals surface area contributed by atoms with Gasteiger partial charge in [0.1, 0.15) is 6.26 Å². The van der Waals surface area contributed by atoms with Crippen LogP contribution in [-0.2, 0) is 0 Å². The minimum Gasteiger partial charge on any atom is -0.364 e. The molecule has 0 saturated carbocycles. The molecule has 1 aromatic rings. The van der Waals surface area contributed by atoms with Crippen molar-refractivity contribution in [1.82, 2.24) is 5.16 Å². The number of carbonyl (C=O) groups is 1. The second-order valence-corrected chi connectivity index (χ2v) is 1.87. The van der Waals surface area contributed by atoms with Crippen LogP contribution in [0.5, 0.6) is 0 Å². The Labute approximate surface area is 52.7 Å². The van der Waals surface area contributed by atoms with Gasteiger partial charge in [-0.25, -0.2) is 0 Å². The zero-order valence-electron chi connectivity index (χ0n) is 5.34. The average molecular weight is 125 g/mol. The molecule has 1 aromatic heterocycles. The first-order valence-corrected chi connectivity index (χ1v) is 2.63. The molecule has 0 aliphatic heterocycles. The number of aryl methyl sites for hydroxylation is 1. The van der Waals surface area contributed by atoms with E-state index in [1.165, 1.54) is 13.2 Å². The van der Waals surface area contributed by atoms with Crippen LogP contribution in [-0.4, -0.2) is 10.9 Å². The maximum atomic E-state index is 10.6. The second kappa shape index (κ2) is 2.01. The highest BCUT2D eigenvalue weighted by molar-refractivity contribution is 5.94. The molecule has 9 heavy (non-hydrogen) atoms. The van der Waals surface area contributed by atoms with Crippen molar-refractivity contribution in [3.8, 4) is 0 Å². The first-order chi connectivity index (χ1) is 4.22. The van der Waals surface area contributed by atoms with E-state index >= 15 is 0 Å². The predicted octanol–water partition coefficient (Wildman–Crippen LogP) is 1.19. The molecule has 0 aliphatic rings. The average Bonchev–Trinajstić information content (AvgIpc) is 2.13. The normalized spacial score (nSPS) is 9.56. The van der Waals surface area contributed by atoms with Crippen LogP contribution in [0.2, 0.25) is 0 Å². The van der Waals surface area contributed by atoms with Crippen LogP contribution in [0.4, 0.5) is 0 Å². The molecule has 3 heteroatoms. The number of aromatic nitrogens is 1. The fourth-order valence-corrected chi connectivity index (χ4v) is 0.630. The molecule has 0 atom stereocenters. The lowest BCUT2D eigenvalue weighted by atomic mass is 10.2. The SMILES string of the molecule is CC(=O)c1conc1C. The molecule has 0 aromatic carbocycles. The Kier molecular flexibility index (Phi) is 1.34. The first kappa shape index (κ1) is 6.01. The van der Waals surface area contributed by atoms with Crippen LogP contribution in [0.3, 0.4) is 0 Å². The van der Waals surface area contributed by atoms with E-state index in [0.717, 1.165) is 0 Å². The summed E-state index contributed by atoms with van der Waals surface area (Å²) >= 11 is 0. The summed E-state index contributed by atoms with van der Waals surface area (Å²) in [6.45, 7) is 3.22. The van der Waals surface area contributed by atoms with Crippen molar-refractivity contribution in [2.75, 3.05) is 0 Å². The quantitative estimate of drug-likeness (QED) is 0.529. The molecule has 0 spiro atoms. The van der Waals surface area contributed by atoms with Crippen LogP contribution >= 0.6 is 0 Å². The summed E-state index contributed by atoms with van der Waals surface area (Å²) in [4.78, 5) is 10.6. The molecule has 0 amide bonds. The highest BCUT2D eigenvalue weighted by Crippen LogP contribution is 2.04. The van der Waals surface area contributed by atoms with Crippen LogP contribution in [0.1, 0.15) is 23.0 Å². The monoisotopic (exact) mass is 125 g/mol. The lowest BCUT2D eigenvalue weighted by Crippen LogP contribution is -1.90. The molecular formula is C6H7NO2. The van der Waals surface area contributed by atoms with E-state index in [1.54, 1.807) is 6.92 Å². The van der Waals surface area contributed by atoms with Crippen LogP contribution < -0.4 is 0 Å². The standard InChI is InChI=1S/C6H7NO2/c1-4-6(5(2)8)3-9-7-4/h3H,1-2H3. The van der Waals surface area contributed by atoms with E-state index in [-0.39, 0.29) is 5.78 Å². The topological polar surface area (TPSA) is 43.1 Å². The maximum absolute atomic E-state index is 10.6. The van der Waals surface area contributed by atoms with Gasteiger partial charge in [0, 0.05) is 0 Å². The van der Waals surface area contributed by atoms with Gasteiger partial charge in [-0.1, -0.05) is 5.16 Å². The summed E-state index contributed by atoms with van der Waals surface area (Å²) in [5, 5.41) is 3.54. The van der Waals surface area contributed by atoms with Gasteiger partial charge in [-0.05, 0) is 13.8 Å². The molecular weight excluding hydrogens is 118 g/mol. The Bertz CT molecular complexity index is 227. The number of ketones is 1. The van der Waals surface area contributed by atoms with E-state index in [2.05, 4.69) is 9.68 Å². The van der Waals surface area contributed by atoms with E-state index in [1.807, 2.05) is 0 Å². The third kappa shape index (κ3) is 0.988. The van der Waals surface area contributed by atoms with Crippen molar-refractivity contribution in [3.05, 3.63) is 17.5 Å². The predicted molar refractivity (Wildman–Crippen MR) is 31.2 cm³/mol. The van der Waals surface area contributed by atoms with Gasteiger partial charge < -0.3 is 4.52 Å². The van der Waals surface area contributed by atoms with Crippen LogP contribution in [0.15, 0.2) is 10.8 Å². The van der Waals surface area contributed by atoms with Gasteiger partial charge in [-0.3, -0.25) is 4.79 Å². The van der Waals surface area contributed by atoms with Gasteiger partial charge in [-0.15, -0.1) is 0 Å². The number of carbonyl (C=O) groups excluding carboxylic acids is 1. The molecule has 0 radical (unpaired) electrons. The summed E-state index contributed by atoms with van der Waals surface area (Å²) in [7, 11) is 0. The summed E-state index contributed by atoms with van der Waals surface area (Å²) in [6.07, 6.45) is 1.36. The zero-order chi connectivity index (χ0) is 6.85. The summed E-state index contributed by atoms with van der Waals surface area (Å²) in [5.74, 6) is -0.00579. The van der Waals surface area contributed by atoms with Gasteiger partial charge >= 0.3 is 0 Å². The smallest absolute Gasteiger partial charge is 0.164 e. The minimum absolute atomic E-state index is 0.00579. The highest BCUT2D eigenvalue weighted by atomic mass is 16.5. The Morgan fingerprint density at radius 2 is 2.44 bits per heavy atom. The van der Waals surface area contributed by atoms with Crippen LogP contribution in [0.25, 0.3) is 0 Å². The molecule has 0 saturated heterocycles. The molecule has 0 unspecified atom stereocenters. The van der Waals surface area contributed by atoms with E-state index < -0.39 is 0 Å². The molecule has 1 rings (SSSR count). The Hall–Kier alpha value is -1.12. The van der Waals surface area contributed by atoms with Crippen molar-refractivity contribution in [1.29, 1.82) is 0 Å². The van der Waals surface area contributed by atoms with Gasteiger partial charge in [0.15, 0.2) is 5.78 Å². The van der Waals surface area contributed by atoms with Gasteiger partial charge in [0.05, 0.1) is 11.3 Å². The number of hydrogen-bond donors (Lipinski definition) is 0. The van der Waals surface area contributed by atoms with Crippen molar-refractivity contribution < 1.29 is 9.32 Å². The highest BCUT2D eigenvalue weighted by Gasteiger charge is 2.05. The third-order valence-corrected chi connectivity index (χ3v) is 1.13. The summed E-state index contributed by atoms with van der Waals surface area (Å²) < 4.78 is 4.54. The van der Waals surface area contributed by atoms with Gasteiger partial charge in [0.25, 0.3) is 0 Å². The number of nitrogens with zero attached hydrogens (tertiary/aromatic N) is 1. The van der Waals surface area contributed by atoms with Crippen molar-refractivity contribution >= 4 is 5.78 Å². The third-order valence-electron chi connectivity index (χ3n) is 1.13. The van der Waals surface area contributed by atoms with Crippen molar-refractivity contribution in [2.45, 2.75) is 13.8 Å². The molecule has 48 valence electrons. The lowest BCUT2D eigenvalue weighted by molar-refractivity contribution is 0.101. The van der Waals surface area contributed by atoms with Crippen molar-refractivity contribution in [2.24, 2.45) is 0 Å². The van der Waals surface area contributed by atoms with E-state index in [9.17, 15) is 4.79 Å². The maximum Gasteiger partial charge on any atom is 0.164 e. The molecule has 0 aliphatic carbocycles. The fourth-order valence-electron chi connectivity index (χ4n) is 0.630. The minimum atomic E-state index is -0.00579. The summed E-state index contributed by atoms with van der Waals surface area (Å²) in [5.41, 5.74) is 1.22. The number of Topliss-reactive ketones (excluding diaryl/α,β-unsaturated/α-hetero) is 1. The molecule has 1 heterocycles. The lowest BCUT2D eigenvalue weighted by Gasteiger charge is -1.83. The number of hydrogen-bond acceptors (Lipinski definition) is 3. The van der Waals surface area contributed by atoms with Crippen molar-refractivity contribution in [3.63, 3.8) is 0 Å². The Morgan fingerprint density at radius 1 is 1.78 bits per heavy atom. The second-order valence-electron chi connectivity index (χ2n) is 1.87. The fraction of sp³-hybridized carbons (Fsp3) is 0.333. The van der Waals surface area contributed by atoms with E-state index in [4.69, 9.17) is 0 Å². The van der Waals surface area contributed by atoms with Crippen LogP contribution in [0, 0.1) is 6.92 Å². The Morgan fingerprint density at radius 3 is 2.67 bits per heavy atom. The molecule has 0 fully saturated rings. The first-order valence-electron chi connectivity index (χ1n) is 2.63. The zero-order valence-corrected chi connectivity index (χ0v) is 5.34. The summed E-state index contributed by atoms with van der Waals surface area (Å²) in [6, 6.07) is 0. The van der Waals surface area contributed by atoms with Gasteiger partial charge in [-0.2, -0.15) is 0 Å².